The van der Waals surface area contributed by atoms with E-state index in [2.05, 4.69) is 15.5 Å². The predicted octanol–water partition coefficient (Wildman–Crippen LogP) is 3.26. The van der Waals surface area contributed by atoms with Gasteiger partial charge in [-0.2, -0.15) is 5.10 Å². The van der Waals surface area contributed by atoms with Crippen LogP contribution in [0.25, 0.3) is 0 Å². The molecule has 0 spiro atoms. The van der Waals surface area contributed by atoms with Crippen molar-refractivity contribution < 1.29 is 4.39 Å². The van der Waals surface area contributed by atoms with Crippen LogP contribution in [0.5, 0.6) is 0 Å². The molecule has 0 aliphatic carbocycles. The summed E-state index contributed by atoms with van der Waals surface area (Å²) in [5, 5.41) is 11.1. The van der Waals surface area contributed by atoms with E-state index in [1.54, 1.807) is 6.07 Å². The number of hydrogen-bond acceptors (Lipinski definition) is 4. The molecule has 20 heavy (non-hydrogen) atoms. The van der Waals surface area contributed by atoms with Crippen LogP contribution in [-0.4, -0.2) is 15.2 Å². The van der Waals surface area contributed by atoms with Crippen LogP contribution in [0.2, 0.25) is 5.02 Å². The minimum Gasteiger partial charge on any atom is -0.389 e. The monoisotopic (exact) mass is 310 g/mol. The van der Waals surface area contributed by atoms with Crippen molar-refractivity contribution >= 4 is 40.3 Å². The van der Waals surface area contributed by atoms with Gasteiger partial charge in [-0.3, -0.25) is 0 Å². The van der Waals surface area contributed by atoms with Gasteiger partial charge in [0.2, 0.25) is 0 Å². The van der Waals surface area contributed by atoms with Crippen LogP contribution in [0, 0.1) is 19.7 Å². The summed E-state index contributed by atoms with van der Waals surface area (Å²) in [5.41, 5.74) is 8.52. The first-order valence-corrected chi connectivity index (χ1v) is 6.54. The lowest BCUT2D eigenvalue weighted by Gasteiger charge is -2.13. The topological polar surface area (TPSA) is 63.8 Å². The van der Waals surface area contributed by atoms with Crippen molar-refractivity contribution in [1.82, 2.24) is 10.2 Å². The van der Waals surface area contributed by atoms with E-state index in [0.29, 0.717) is 17.1 Å². The second kappa shape index (κ2) is 5.68. The molecular formula is C13H12ClFN4S. The molecule has 0 aliphatic rings. The summed E-state index contributed by atoms with van der Waals surface area (Å²) in [6.45, 7) is 3.68. The lowest BCUT2D eigenvalue weighted by molar-refractivity contribution is 0.628. The number of rotatable bonds is 3. The zero-order valence-corrected chi connectivity index (χ0v) is 12.4. The van der Waals surface area contributed by atoms with Crippen LogP contribution in [0.4, 0.5) is 15.9 Å². The number of nitrogens with zero attached hydrogens (tertiary/aromatic N) is 2. The first kappa shape index (κ1) is 14.6. The van der Waals surface area contributed by atoms with E-state index in [-0.39, 0.29) is 10.0 Å². The summed E-state index contributed by atoms with van der Waals surface area (Å²) in [7, 11) is 0. The maximum Gasteiger partial charge on any atom is 0.163 e. The molecule has 0 bridgehead atoms. The molecule has 0 unspecified atom stereocenters. The highest BCUT2D eigenvalue weighted by Crippen LogP contribution is 2.25. The highest BCUT2D eigenvalue weighted by Gasteiger charge is 2.14. The molecule has 0 saturated carbocycles. The van der Waals surface area contributed by atoms with Crippen LogP contribution < -0.4 is 11.1 Å². The summed E-state index contributed by atoms with van der Waals surface area (Å²) in [6.07, 6.45) is 0. The molecule has 7 heteroatoms. The maximum atomic E-state index is 13.1. The molecule has 0 atom stereocenters. The second-order valence-corrected chi connectivity index (χ2v) is 5.10. The van der Waals surface area contributed by atoms with Crippen molar-refractivity contribution in [3.05, 3.63) is 45.9 Å². The van der Waals surface area contributed by atoms with Gasteiger partial charge in [0.05, 0.1) is 16.3 Å². The Bertz CT molecular complexity index is 690. The normalized spacial score (nSPS) is 10.4. The second-order valence-electron chi connectivity index (χ2n) is 4.25. The fourth-order valence-electron chi connectivity index (χ4n) is 1.71. The third kappa shape index (κ3) is 2.86. The Kier molecular flexibility index (Phi) is 4.15. The molecule has 1 aromatic heterocycles. The Morgan fingerprint density at radius 3 is 2.65 bits per heavy atom. The summed E-state index contributed by atoms with van der Waals surface area (Å²) in [6, 6.07) is 4.26. The van der Waals surface area contributed by atoms with E-state index in [9.17, 15) is 4.39 Å². The number of nitrogens with one attached hydrogen (secondary N) is 1. The number of halogens is 2. The van der Waals surface area contributed by atoms with Crippen molar-refractivity contribution in [2.45, 2.75) is 13.8 Å². The molecule has 0 radical (unpaired) electrons. The first-order chi connectivity index (χ1) is 9.40. The number of aryl methyl sites for hydroxylation is 1. The molecule has 104 valence electrons. The molecule has 0 aliphatic heterocycles. The van der Waals surface area contributed by atoms with Gasteiger partial charge in [-0.15, -0.1) is 5.10 Å². The predicted molar refractivity (Wildman–Crippen MR) is 82.1 cm³/mol. The fraction of sp³-hybridized carbons (Fsp3) is 0.154. The van der Waals surface area contributed by atoms with E-state index in [1.165, 1.54) is 12.1 Å². The minimum atomic E-state index is -0.488. The number of benzene rings is 1. The molecule has 4 nitrogen and oxygen atoms in total. The van der Waals surface area contributed by atoms with Crippen LogP contribution >= 0.6 is 23.8 Å². The maximum absolute atomic E-state index is 13.1. The molecule has 0 amide bonds. The van der Waals surface area contributed by atoms with E-state index in [1.807, 2.05) is 13.8 Å². The van der Waals surface area contributed by atoms with Crippen molar-refractivity contribution in [1.29, 1.82) is 0 Å². The number of hydrogen-bond donors (Lipinski definition) is 2. The van der Waals surface area contributed by atoms with E-state index < -0.39 is 5.82 Å². The minimum absolute atomic E-state index is 0.0173. The van der Waals surface area contributed by atoms with Gasteiger partial charge in [0.1, 0.15) is 10.8 Å². The zero-order chi connectivity index (χ0) is 14.9. The SMILES string of the molecule is Cc1nnc(Nc2ccc(F)c(Cl)c2)c(C(N)=S)c1C. The molecule has 1 heterocycles. The Labute approximate surface area is 126 Å². The average Bonchev–Trinajstić information content (AvgIpc) is 2.38. The van der Waals surface area contributed by atoms with Gasteiger partial charge in [-0.05, 0) is 37.6 Å². The molecule has 1 aromatic carbocycles. The van der Waals surface area contributed by atoms with Gasteiger partial charge in [0.15, 0.2) is 5.82 Å². The standard InChI is InChI=1S/C13H12ClFN4S/c1-6-7(2)18-19-13(11(6)12(16)20)17-8-3-4-10(15)9(14)5-8/h3-5H,1-2H3,(H2,16,20)(H,17,19). The van der Waals surface area contributed by atoms with Gasteiger partial charge in [0.25, 0.3) is 0 Å². The van der Waals surface area contributed by atoms with Gasteiger partial charge in [-0.25, -0.2) is 4.39 Å². The van der Waals surface area contributed by atoms with Gasteiger partial charge in [0, 0.05) is 5.69 Å². The van der Waals surface area contributed by atoms with Gasteiger partial charge in [-0.1, -0.05) is 23.8 Å². The van der Waals surface area contributed by atoms with Crippen molar-refractivity contribution in [2.24, 2.45) is 5.73 Å². The Hall–Kier alpha value is -1.79. The number of anilines is 2. The van der Waals surface area contributed by atoms with Crippen LogP contribution in [0.15, 0.2) is 18.2 Å². The quantitative estimate of drug-likeness (QED) is 0.852. The van der Waals surface area contributed by atoms with E-state index in [4.69, 9.17) is 29.6 Å². The highest BCUT2D eigenvalue weighted by molar-refractivity contribution is 7.80. The van der Waals surface area contributed by atoms with Crippen molar-refractivity contribution in [2.75, 3.05) is 5.32 Å². The van der Waals surface area contributed by atoms with Crippen LogP contribution in [0.3, 0.4) is 0 Å². The third-order valence-electron chi connectivity index (χ3n) is 2.88. The Morgan fingerprint density at radius 2 is 2.05 bits per heavy atom. The van der Waals surface area contributed by atoms with Gasteiger partial charge >= 0.3 is 0 Å². The lowest BCUT2D eigenvalue weighted by Crippen LogP contribution is -2.16. The van der Waals surface area contributed by atoms with E-state index >= 15 is 0 Å². The summed E-state index contributed by atoms with van der Waals surface area (Å²) in [4.78, 5) is 0.219. The number of thiocarbonyl (C=S) groups is 1. The fourth-order valence-corrected chi connectivity index (χ4v) is 2.14. The number of nitrogens with two attached hydrogens (primary N) is 1. The number of aromatic nitrogens is 2. The highest BCUT2D eigenvalue weighted by atomic mass is 35.5. The van der Waals surface area contributed by atoms with Crippen LogP contribution in [0.1, 0.15) is 16.8 Å². The molecule has 2 rings (SSSR count). The van der Waals surface area contributed by atoms with Crippen molar-refractivity contribution in [3.8, 4) is 0 Å². The zero-order valence-electron chi connectivity index (χ0n) is 10.9. The summed E-state index contributed by atoms with van der Waals surface area (Å²) < 4.78 is 13.1. The largest absolute Gasteiger partial charge is 0.389 e. The molecular weight excluding hydrogens is 299 g/mol. The summed E-state index contributed by atoms with van der Waals surface area (Å²) >= 11 is 10.8. The van der Waals surface area contributed by atoms with E-state index in [0.717, 1.165) is 11.3 Å². The van der Waals surface area contributed by atoms with Gasteiger partial charge < -0.3 is 11.1 Å². The Morgan fingerprint density at radius 1 is 1.35 bits per heavy atom. The smallest absolute Gasteiger partial charge is 0.163 e. The Balaban J connectivity index is 2.45. The summed E-state index contributed by atoms with van der Waals surface area (Å²) in [5.74, 6) is -0.0683. The molecule has 0 fully saturated rings. The molecule has 3 N–H and O–H groups in total. The van der Waals surface area contributed by atoms with Crippen LogP contribution in [-0.2, 0) is 0 Å². The van der Waals surface area contributed by atoms with Crippen molar-refractivity contribution in [3.63, 3.8) is 0 Å². The first-order valence-electron chi connectivity index (χ1n) is 5.76. The third-order valence-corrected chi connectivity index (χ3v) is 3.38. The lowest BCUT2D eigenvalue weighted by atomic mass is 10.1. The average molecular weight is 311 g/mol. The molecule has 0 saturated heterocycles. The molecule has 2 aromatic rings.